The molecule has 1 aliphatic heterocycles. The van der Waals surface area contributed by atoms with Gasteiger partial charge in [0.05, 0.1) is 6.10 Å². The Bertz CT molecular complexity index is 716. The van der Waals surface area contributed by atoms with E-state index in [4.69, 9.17) is 10.5 Å². The molecule has 3 rings (SSSR count). The van der Waals surface area contributed by atoms with Crippen LogP contribution in [0.2, 0.25) is 0 Å². The number of hydrogen-bond donors (Lipinski definition) is 2. The zero-order valence-corrected chi connectivity index (χ0v) is 15.4. The van der Waals surface area contributed by atoms with Crippen molar-refractivity contribution in [2.45, 2.75) is 52.2 Å². The lowest BCUT2D eigenvalue weighted by Crippen LogP contribution is -2.74. The molecule has 1 aromatic rings. The maximum atomic E-state index is 12.8. The summed E-state index contributed by atoms with van der Waals surface area (Å²) in [4.78, 5) is 26.2. The summed E-state index contributed by atoms with van der Waals surface area (Å²) in [7, 11) is 0. The van der Waals surface area contributed by atoms with Gasteiger partial charge in [-0.2, -0.15) is 0 Å². The number of anilines is 2. The van der Waals surface area contributed by atoms with Crippen molar-refractivity contribution in [3.8, 4) is 0 Å². The van der Waals surface area contributed by atoms with E-state index in [1.54, 1.807) is 11.8 Å². The molecule has 6 heteroatoms. The molecule has 25 heavy (non-hydrogen) atoms. The Labute approximate surface area is 148 Å². The van der Waals surface area contributed by atoms with Crippen LogP contribution in [-0.2, 0) is 20.7 Å². The molecule has 1 aromatic carbocycles. The highest BCUT2D eigenvalue weighted by Gasteiger charge is 2.62. The molecule has 2 unspecified atom stereocenters. The predicted molar refractivity (Wildman–Crippen MR) is 97.5 cm³/mol. The molecule has 136 valence electrons. The van der Waals surface area contributed by atoms with Crippen molar-refractivity contribution < 1.29 is 14.3 Å². The normalized spacial score (nSPS) is 26.8. The van der Waals surface area contributed by atoms with Crippen LogP contribution in [0.3, 0.4) is 0 Å². The number of nitrogens with one attached hydrogen (secondary N) is 1. The number of carbonyl (C=O) groups is 2. The first-order valence-electron chi connectivity index (χ1n) is 8.83. The second-order valence-electron chi connectivity index (χ2n) is 7.56. The van der Waals surface area contributed by atoms with Crippen molar-refractivity contribution in [3.63, 3.8) is 0 Å². The minimum absolute atomic E-state index is 0.00241. The average Bonchev–Trinajstić information content (AvgIpc) is 2.97. The molecule has 0 saturated heterocycles. The quantitative estimate of drug-likeness (QED) is 0.875. The average molecular weight is 345 g/mol. The topological polar surface area (TPSA) is 84.7 Å². The Morgan fingerprint density at radius 1 is 1.40 bits per heavy atom. The number of nitrogens with two attached hydrogens (primary N) is 1. The number of hydrogen-bond acceptors (Lipinski definition) is 4. The van der Waals surface area contributed by atoms with Crippen LogP contribution in [0.4, 0.5) is 11.4 Å². The van der Waals surface area contributed by atoms with E-state index < -0.39 is 11.0 Å². The van der Waals surface area contributed by atoms with Gasteiger partial charge in [0.2, 0.25) is 11.8 Å². The number of amides is 2. The van der Waals surface area contributed by atoms with E-state index in [1.165, 1.54) is 0 Å². The molecule has 2 atom stereocenters. The number of ether oxygens (including phenoxy) is 1. The Kier molecular flexibility index (Phi) is 4.37. The van der Waals surface area contributed by atoms with Gasteiger partial charge >= 0.3 is 0 Å². The monoisotopic (exact) mass is 345 g/mol. The highest BCUT2D eigenvalue weighted by Crippen LogP contribution is 2.50. The fourth-order valence-electron chi connectivity index (χ4n) is 3.87. The minimum Gasteiger partial charge on any atom is -0.378 e. The summed E-state index contributed by atoms with van der Waals surface area (Å²) >= 11 is 0. The van der Waals surface area contributed by atoms with Crippen molar-refractivity contribution in [2.75, 3.05) is 23.4 Å². The number of carbonyl (C=O) groups excluding carboxylic acids is 2. The van der Waals surface area contributed by atoms with E-state index in [2.05, 4.69) is 5.32 Å². The van der Waals surface area contributed by atoms with E-state index in [0.717, 1.165) is 23.4 Å². The van der Waals surface area contributed by atoms with Gasteiger partial charge in [-0.25, -0.2) is 0 Å². The Hall–Kier alpha value is -1.92. The van der Waals surface area contributed by atoms with Crippen LogP contribution < -0.4 is 16.0 Å². The van der Waals surface area contributed by atoms with Crippen LogP contribution in [0.25, 0.3) is 0 Å². The van der Waals surface area contributed by atoms with Crippen LogP contribution in [-0.4, -0.2) is 36.6 Å². The largest absolute Gasteiger partial charge is 0.378 e. The zero-order valence-electron chi connectivity index (χ0n) is 15.4. The maximum absolute atomic E-state index is 12.8. The van der Waals surface area contributed by atoms with Crippen LogP contribution in [0.15, 0.2) is 18.2 Å². The summed E-state index contributed by atoms with van der Waals surface area (Å²) in [6.45, 7) is 8.76. The smallest absolute Gasteiger partial charge is 0.245 e. The van der Waals surface area contributed by atoms with Crippen molar-refractivity contribution in [2.24, 2.45) is 11.1 Å². The van der Waals surface area contributed by atoms with Gasteiger partial charge in [0, 0.05) is 43.3 Å². The number of fused-ring (bicyclic) bond motifs is 1. The van der Waals surface area contributed by atoms with Gasteiger partial charge in [0.15, 0.2) is 0 Å². The van der Waals surface area contributed by atoms with Gasteiger partial charge in [-0.05, 0) is 37.1 Å². The molecule has 2 amide bonds. The Morgan fingerprint density at radius 2 is 2.12 bits per heavy atom. The molecule has 0 aromatic heterocycles. The van der Waals surface area contributed by atoms with Crippen molar-refractivity contribution in [1.82, 2.24) is 0 Å². The lowest BCUT2D eigenvalue weighted by atomic mass is 9.54. The lowest BCUT2D eigenvalue weighted by molar-refractivity contribution is -0.166. The third-order valence-electron chi connectivity index (χ3n) is 5.85. The van der Waals surface area contributed by atoms with Gasteiger partial charge in [-0.1, -0.05) is 13.8 Å². The lowest BCUT2D eigenvalue weighted by Gasteiger charge is -2.57. The molecule has 6 nitrogen and oxygen atoms in total. The first-order valence-corrected chi connectivity index (χ1v) is 8.83. The van der Waals surface area contributed by atoms with Gasteiger partial charge in [-0.15, -0.1) is 0 Å². The van der Waals surface area contributed by atoms with Crippen LogP contribution in [0, 0.1) is 5.41 Å². The van der Waals surface area contributed by atoms with E-state index >= 15 is 0 Å². The van der Waals surface area contributed by atoms with Gasteiger partial charge < -0.3 is 20.7 Å². The van der Waals surface area contributed by atoms with Crippen LogP contribution in [0.5, 0.6) is 0 Å². The molecule has 1 saturated carbocycles. The van der Waals surface area contributed by atoms with Gasteiger partial charge in [-0.3, -0.25) is 9.59 Å². The third-order valence-corrected chi connectivity index (χ3v) is 5.85. The van der Waals surface area contributed by atoms with E-state index in [9.17, 15) is 9.59 Å². The van der Waals surface area contributed by atoms with E-state index in [1.807, 2.05) is 39.0 Å². The molecular formula is C19H27N3O3. The molecule has 3 N–H and O–H groups in total. The number of rotatable bonds is 4. The molecule has 1 aliphatic carbocycles. The fourth-order valence-corrected chi connectivity index (χ4v) is 3.87. The summed E-state index contributed by atoms with van der Waals surface area (Å²) < 4.78 is 5.69. The summed E-state index contributed by atoms with van der Waals surface area (Å²) in [5.41, 5.74) is 7.76. The highest BCUT2D eigenvalue weighted by molar-refractivity contribution is 6.00. The molecule has 1 fully saturated rings. The first-order chi connectivity index (χ1) is 11.7. The predicted octanol–water partition coefficient (Wildman–Crippen LogP) is 2.07. The summed E-state index contributed by atoms with van der Waals surface area (Å²) in [6, 6.07) is 5.65. The van der Waals surface area contributed by atoms with E-state index in [0.29, 0.717) is 19.6 Å². The van der Waals surface area contributed by atoms with Crippen molar-refractivity contribution in [3.05, 3.63) is 23.8 Å². The summed E-state index contributed by atoms with van der Waals surface area (Å²) in [5, 5.41) is 2.95. The van der Waals surface area contributed by atoms with Crippen LogP contribution >= 0.6 is 0 Å². The minimum atomic E-state index is -0.947. The molecular weight excluding hydrogens is 318 g/mol. The zero-order chi connectivity index (χ0) is 18.4. The highest BCUT2D eigenvalue weighted by atomic mass is 16.5. The SMILES string of the molecule is CCOC1CC(N)(C(=O)Nc2ccc3c(c2)CCN3C(C)=O)C1(C)C. The Morgan fingerprint density at radius 3 is 2.72 bits per heavy atom. The molecule has 0 spiro atoms. The second kappa shape index (κ2) is 6.11. The second-order valence-corrected chi connectivity index (χ2v) is 7.56. The standard InChI is InChI=1S/C19H27N3O3/c1-5-25-16-11-19(20,18(16,3)4)17(24)21-14-6-7-15-13(10-14)8-9-22(15)12(2)23/h6-7,10,16H,5,8-9,11,20H2,1-4H3,(H,21,24). The van der Waals surface area contributed by atoms with Crippen molar-refractivity contribution in [1.29, 1.82) is 0 Å². The third kappa shape index (κ3) is 2.73. The number of benzene rings is 1. The van der Waals surface area contributed by atoms with Gasteiger partial charge in [0.1, 0.15) is 5.54 Å². The molecule has 2 aliphatic rings. The number of nitrogens with zero attached hydrogens (tertiary/aromatic N) is 1. The Balaban J connectivity index is 1.74. The molecule has 0 bridgehead atoms. The fraction of sp³-hybridized carbons (Fsp3) is 0.579. The summed E-state index contributed by atoms with van der Waals surface area (Å²) in [5.74, 6) is -0.149. The van der Waals surface area contributed by atoms with Crippen molar-refractivity contribution >= 4 is 23.2 Å². The molecule has 0 radical (unpaired) electrons. The van der Waals surface area contributed by atoms with Gasteiger partial charge in [0.25, 0.3) is 0 Å². The van der Waals surface area contributed by atoms with Crippen LogP contribution in [0.1, 0.15) is 39.7 Å². The maximum Gasteiger partial charge on any atom is 0.245 e. The molecule has 1 heterocycles. The summed E-state index contributed by atoms with van der Waals surface area (Å²) in [6.07, 6.45) is 1.31. The van der Waals surface area contributed by atoms with E-state index in [-0.39, 0.29) is 17.9 Å². The first kappa shape index (κ1) is 17.9.